The summed E-state index contributed by atoms with van der Waals surface area (Å²) in [5.41, 5.74) is 0.708. The number of thioether (sulfide) groups is 1. The number of anilines is 1. The van der Waals surface area contributed by atoms with Crippen molar-refractivity contribution in [3.8, 4) is 0 Å². The molecule has 2 aliphatic rings. The number of sulfonamides is 1. The summed E-state index contributed by atoms with van der Waals surface area (Å²) in [5.74, 6) is 1.60. The van der Waals surface area contributed by atoms with Gasteiger partial charge in [0.05, 0.1) is 10.6 Å². The van der Waals surface area contributed by atoms with E-state index in [2.05, 4.69) is 16.5 Å². The summed E-state index contributed by atoms with van der Waals surface area (Å²) in [6, 6.07) is 5.11. The van der Waals surface area contributed by atoms with Gasteiger partial charge >= 0.3 is 0 Å². The molecule has 2 heterocycles. The van der Waals surface area contributed by atoms with Gasteiger partial charge in [0.15, 0.2) is 0 Å². The van der Waals surface area contributed by atoms with Crippen LogP contribution in [0, 0.1) is 5.92 Å². The average molecular weight is 426 g/mol. The lowest BCUT2D eigenvalue weighted by atomic mass is 10.0. The molecule has 1 aromatic rings. The van der Waals surface area contributed by atoms with Crippen molar-refractivity contribution in [2.45, 2.75) is 49.3 Å². The first-order valence-corrected chi connectivity index (χ1v) is 12.6. The van der Waals surface area contributed by atoms with Crippen LogP contribution in [0.15, 0.2) is 28.0 Å². The van der Waals surface area contributed by atoms with E-state index >= 15 is 0 Å². The minimum absolute atomic E-state index is 0.0537. The van der Waals surface area contributed by atoms with Gasteiger partial charge in [-0.25, -0.2) is 13.1 Å². The Bertz CT molecular complexity index is 798. The van der Waals surface area contributed by atoms with Crippen LogP contribution in [0.1, 0.15) is 39.5 Å². The molecule has 1 fully saturated rings. The molecule has 0 radical (unpaired) electrons. The molecule has 0 bridgehead atoms. The molecule has 1 amide bonds. The van der Waals surface area contributed by atoms with Gasteiger partial charge in [-0.3, -0.25) is 4.79 Å². The van der Waals surface area contributed by atoms with Crippen molar-refractivity contribution in [3.05, 3.63) is 18.2 Å². The Morgan fingerprint density at radius 2 is 2.11 bits per heavy atom. The SMILES string of the molecule is CC(=O)N1CCCSc2ccc(S(=O)(=O)NCCCN3CCCC(C)C3)cc21. The summed E-state index contributed by atoms with van der Waals surface area (Å²) in [7, 11) is -3.58. The number of carbonyl (C=O) groups is 1. The number of carbonyl (C=O) groups excluding carboxylic acids is 1. The van der Waals surface area contributed by atoms with E-state index in [1.165, 1.54) is 19.8 Å². The highest BCUT2D eigenvalue weighted by atomic mass is 32.2. The third kappa shape index (κ3) is 5.49. The topological polar surface area (TPSA) is 69.7 Å². The second-order valence-electron chi connectivity index (χ2n) is 7.80. The molecule has 8 heteroatoms. The molecule has 1 saturated heterocycles. The van der Waals surface area contributed by atoms with E-state index in [1.807, 2.05) is 6.07 Å². The first-order valence-electron chi connectivity index (χ1n) is 10.1. The number of nitrogens with zero attached hydrogens (tertiary/aromatic N) is 2. The van der Waals surface area contributed by atoms with Crippen LogP contribution < -0.4 is 9.62 Å². The predicted octanol–water partition coefficient (Wildman–Crippen LogP) is 2.94. The summed E-state index contributed by atoms with van der Waals surface area (Å²) < 4.78 is 28.2. The van der Waals surface area contributed by atoms with Crippen molar-refractivity contribution >= 4 is 33.4 Å². The van der Waals surface area contributed by atoms with Gasteiger partial charge in [0.25, 0.3) is 0 Å². The number of piperidine rings is 1. The van der Waals surface area contributed by atoms with Crippen molar-refractivity contribution in [1.82, 2.24) is 9.62 Å². The van der Waals surface area contributed by atoms with Crippen LogP contribution in [0.2, 0.25) is 0 Å². The molecule has 3 rings (SSSR count). The van der Waals surface area contributed by atoms with Gasteiger partial charge in [-0.2, -0.15) is 0 Å². The number of amides is 1. The van der Waals surface area contributed by atoms with Crippen LogP contribution >= 0.6 is 11.8 Å². The van der Waals surface area contributed by atoms with Crippen LogP contribution in [-0.2, 0) is 14.8 Å². The molecule has 1 aromatic carbocycles. The van der Waals surface area contributed by atoms with Crippen LogP contribution in [0.25, 0.3) is 0 Å². The van der Waals surface area contributed by atoms with Crippen LogP contribution in [0.5, 0.6) is 0 Å². The highest BCUT2D eigenvalue weighted by Crippen LogP contribution is 2.35. The molecule has 1 N–H and O–H groups in total. The number of benzene rings is 1. The molecule has 28 heavy (non-hydrogen) atoms. The molecule has 0 aliphatic carbocycles. The normalized spacial score (nSPS) is 21.2. The summed E-state index contributed by atoms with van der Waals surface area (Å²) >= 11 is 1.67. The second-order valence-corrected chi connectivity index (χ2v) is 10.7. The quantitative estimate of drug-likeness (QED) is 0.710. The Kier molecular flexibility index (Phi) is 7.42. The molecule has 6 nitrogen and oxygen atoms in total. The summed E-state index contributed by atoms with van der Waals surface area (Å²) in [4.78, 5) is 17.3. The fraction of sp³-hybridized carbons (Fsp3) is 0.650. The maximum absolute atomic E-state index is 12.7. The first-order chi connectivity index (χ1) is 13.4. The van der Waals surface area contributed by atoms with Gasteiger partial charge in [-0.1, -0.05) is 6.92 Å². The number of fused-ring (bicyclic) bond motifs is 1. The molecule has 0 saturated carbocycles. The fourth-order valence-corrected chi connectivity index (χ4v) is 6.00. The Balaban J connectivity index is 1.62. The lowest BCUT2D eigenvalue weighted by molar-refractivity contribution is -0.116. The van der Waals surface area contributed by atoms with Gasteiger partial charge in [0, 0.05) is 31.5 Å². The van der Waals surface area contributed by atoms with Gasteiger partial charge in [-0.15, -0.1) is 11.8 Å². The minimum Gasteiger partial charge on any atom is -0.311 e. The zero-order valence-corrected chi connectivity index (χ0v) is 18.4. The molecule has 156 valence electrons. The zero-order chi connectivity index (χ0) is 20.1. The average Bonchev–Trinajstić information content (AvgIpc) is 2.87. The highest BCUT2D eigenvalue weighted by Gasteiger charge is 2.23. The van der Waals surface area contributed by atoms with Crippen molar-refractivity contribution < 1.29 is 13.2 Å². The van der Waals surface area contributed by atoms with E-state index in [0.29, 0.717) is 18.8 Å². The minimum atomic E-state index is -3.58. The Labute approximate surface area is 173 Å². The fourth-order valence-electron chi connectivity index (χ4n) is 3.93. The number of nitrogens with one attached hydrogen (secondary N) is 1. The van der Waals surface area contributed by atoms with E-state index in [9.17, 15) is 13.2 Å². The van der Waals surface area contributed by atoms with E-state index < -0.39 is 10.0 Å². The van der Waals surface area contributed by atoms with Crippen LogP contribution in [-0.4, -0.2) is 57.7 Å². The van der Waals surface area contributed by atoms with Crippen molar-refractivity contribution in [1.29, 1.82) is 0 Å². The third-order valence-corrected chi connectivity index (χ3v) is 7.99. The molecule has 0 aromatic heterocycles. The van der Waals surface area contributed by atoms with E-state index in [0.717, 1.165) is 49.0 Å². The van der Waals surface area contributed by atoms with E-state index in [1.54, 1.807) is 28.8 Å². The van der Waals surface area contributed by atoms with Gasteiger partial charge in [0.1, 0.15) is 0 Å². The number of likely N-dealkylation sites (tertiary alicyclic amines) is 1. The zero-order valence-electron chi connectivity index (χ0n) is 16.8. The largest absolute Gasteiger partial charge is 0.311 e. The van der Waals surface area contributed by atoms with Gasteiger partial charge < -0.3 is 9.80 Å². The maximum atomic E-state index is 12.7. The summed E-state index contributed by atoms with van der Waals surface area (Å²) in [5, 5.41) is 0. The maximum Gasteiger partial charge on any atom is 0.240 e. The van der Waals surface area contributed by atoms with Gasteiger partial charge in [0.2, 0.25) is 15.9 Å². The standard InChI is InChI=1S/C20H31N3O3S2/c1-16-6-3-10-22(15-16)11-4-9-21-28(25,26)18-7-8-20-19(14-18)23(17(2)24)12-5-13-27-20/h7-8,14,16,21H,3-6,9-13,15H2,1-2H3. The first kappa shape index (κ1) is 21.6. The molecule has 1 atom stereocenters. The predicted molar refractivity (Wildman–Crippen MR) is 114 cm³/mol. The Hall–Kier alpha value is -1.09. The molecule has 2 aliphatic heterocycles. The molecule has 1 unspecified atom stereocenters. The van der Waals surface area contributed by atoms with Gasteiger partial charge in [-0.05, 0) is 68.6 Å². The third-order valence-electron chi connectivity index (χ3n) is 5.38. The Morgan fingerprint density at radius 3 is 2.86 bits per heavy atom. The van der Waals surface area contributed by atoms with E-state index in [4.69, 9.17) is 0 Å². The number of hydrogen-bond donors (Lipinski definition) is 1. The van der Waals surface area contributed by atoms with Crippen molar-refractivity contribution in [2.24, 2.45) is 5.92 Å². The monoisotopic (exact) mass is 425 g/mol. The molecular weight excluding hydrogens is 394 g/mol. The smallest absolute Gasteiger partial charge is 0.240 e. The molecular formula is C20H31N3O3S2. The van der Waals surface area contributed by atoms with E-state index in [-0.39, 0.29) is 10.8 Å². The lowest BCUT2D eigenvalue weighted by Gasteiger charge is -2.30. The Morgan fingerprint density at radius 1 is 1.29 bits per heavy atom. The van der Waals surface area contributed by atoms with Crippen LogP contribution in [0.4, 0.5) is 5.69 Å². The molecule has 0 spiro atoms. The van der Waals surface area contributed by atoms with Crippen LogP contribution in [0.3, 0.4) is 0 Å². The lowest BCUT2D eigenvalue weighted by Crippen LogP contribution is -2.36. The number of rotatable bonds is 6. The second kappa shape index (κ2) is 9.61. The summed E-state index contributed by atoms with van der Waals surface area (Å²) in [6.07, 6.45) is 4.21. The summed E-state index contributed by atoms with van der Waals surface area (Å²) in [6.45, 7) is 7.99. The number of hydrogen-bond acceptors (Lipinski definition) is 5. The highest BCUT2D eigenvalue weighted by molar-refractivity contribution is 7.99. The van der Waals surface area contributed by atoms with Crippen molar-refractivity contribution in [3.63, 3.8) is 0 Å². The van der Waals surface area contributed by atoms with Crippen molar-refractivity contribution in [2.75, 3.05) is 43.4 Å².